The minimum absolute atomic E-state index is 0.105. The molecule has 0 aliphatic carbocycles. The van der Waals surface area contributed by atoms with Gasteiger partial charge in [-0.3, -0.25) is 4.79 Å². The van der Waals surface area contributed by atoms with Crippen molar-refractivity contribution in [3.8, 4) is 11.5 Å². The summed E-state index contributed by atoms with van der Waals surface area (Å²) >= 11 is 0. The molecule has 0 aliphatic heterocycles. The fourth-order valence-corrected chi connectivity index (χ4v) is 2.29. The molecule has 1 amide bonds. The highest BCUT2D eigenvalue weighted by atomic mass is 16.4. The van der Waals surface area contributed by atoms with Gasteiger partial charge in [-0.1, -0.05) is 18.2 Å². The number of carbonyl (C=O) groups is 1. The van der Waals surface area contributed by atoms with Gasteiger partial charge in [-0.15, -0.1) is 10.2 Å². The maximum absolute atomic E-state index is 12.4. The summed E-state index contributed by atoms with van der Waals surface area (Å²) < 4.78 is 5.38. The van der Waals surface area contributed by atoms with Crippen LogP contribution in [0, 0.1) is 6.92 Å². The van der Waals surface area contributed by atoms with Crippen molar-refractivity contribution in [2.45, 2.75) is 13.3 Å². The summed E-state index contributed by atoms with van der Waals surface area (Å²) in [5.41, 5.74) is 2.91. The van der Waals surface area contributed by atoms with E-state index in [1.165, 1.54) is 0 Å². The van der Waals surface area contributed by atoms with E-state index in [0.29, 0.717) is 35.0 Å². The number of nitrogens with zero attached hydrogens (tertiary/aromatic N) is 2. The Morgan fingerprint density at radius 2 is 1.96 bits per heavy atom. The Balaban J connectivity index is 1.75. The molecule has 2 aromatic carbocycles. The van der Waals surface area contributed by atoms with Crippen molar-refractivity contribution in [2.75, 3.05) is 11.9 Å². The predicted octanol–water partition coefficient (Wildman–Crippen LogP) is 2.83. The summed E-state index contributed by atoms with van der Waals surface area (Å²) in [5, 5.41) is 19.5. The van der Waals surface area contributed by atoms with Gasteiger partial charge in [-0.25, -0.2) is 0 Å². The normalized spacial score (nSPS) is 10.6. The predicted molar refractivity (Wildman–Crippen MR) is 89.7 cm³/mol. The Bertz CT molecular complexity index is 841. The number of amides is 1. The fraction of sp³-hybridized carbons (Fsp3) is 0.167. The van der Waals surface area contributed by atoms with Crippen molar-refractivity contribution in [1.82, 2.24) is 10.2 Å². The Morgan fingerprint density at radius 3 is 2.62 bits per heavy atom. The van der Waals surface area contributed by atoms with Gasteiger partial charge in [-0.05, 0) is 42.3 Å². The zero-order chi connectivity index (χ0) is 16.9. The summed E-state index contributed by atoms with van der Waals surface area (Å²) in [4.78, 5) is 12.4. The summed E-state index contributed by atoms with van der Waals surface area (Å²) in [6, 6.07) is 14.4. The van der Waals surface area contributed by atoms with Crippen molar-refractivity contribution >= 4 is 11.6 Å². The van der Waals surface area contributed by atoms with Gasteiger partial charge in [0.25, 0.3) is 5.91 Å². The zero-order valence-electron chi connectivity index (χ0n) is 13.2. The highest BCUT2D eigenvalue weighted by Gasteiger charge is 2.11. The molecule has 0 aliphatic rings. The molecule has 1 aromatic heterocycles. The molecule has 122 valence electrons. The number of hydrogen-bond acceptors (Lipinski definition) is 5. The smallest absolute Gasteiger partial charge is 0.255 e. The fourth-order valence-electron chi connectivity index (χ4n) is 2.29. The first kappa shape index (κ1) is 15.9. The third kappa shape index (κ3) is 3.67. The van der Waals surface area contributed by atoms with Crippen LogP contribution in [-0.2, 0) is 6.42 Å². The lowest BCUT2D eigenvalue weighted by Gasteiger charge is -2.07. The van der Waals surface area contributed by atoms with Crippen LogP contribution in [0.25, 0.3) is 11.5 Å². The summed E-state index contributed by atoms with van der Waals surface area (Å²) in [7, 11) is 0. The number of nitrogens with one attached hydrogen (secondary N) is 1. The molecule has 0 radical (unpaired) electrons. The molecule has 6 heteroatoms. The van der Waals surface area contributed by atoms with Crippen molar-refractivity contribution < 1.29 is 14.3 Å². The van der Waals surface area contributed by atoms with Gasteiger partial charge < -0.3 is 14.8 Å². The van der Waals surface area contributed by atoms with E-state index in [0.717, 1.165) is 5.56 Å². The molecular formula is C18H17N3O3. The van der Waals surface area contributed by atoms with E-state index in [4.69, 9.17) is 9.52 Å². The third-order valence-corrected chi connectivity index (χ3v) is 3.51. The molecule has 2 N–H and O–H groups in total. The lowest BCUT2D eigenvalue weighted by atomic mass is 10.1. The standard InChI is InChI=1S/C18H17N3O3/c1-12-20-21-18(24-12)15-4-2-3-14(11-15)17(23)19-16-7-5-13(6-8-16)9-10-22/h2-8,11,22H,9-10H2,1H3,(H,19,23). The van der Waals surface area contributed by atoms with E-state index in [-0.39, 0.29) is 12.5 Å². The van der Waals surface area contributed by atoms with Gasteiger partial charge >= 0.3 is 0 Å². The van der Waals surface area contributed by atoms with Crippen molar-refractivity contribution in [1.29, 1.82) is 0 Å². The third-order valence-electron chi connectivity index (χ3n) is 3.51. The maximum atomic E-state index is 12.4. The van der Waals surface area contributed by atoms with Crippen LogP contribution in [0.5, 0.6) is 0 Å². The lowest BCUT2D eigenvalue weighted by molar-refractivity contribution is 0.102. The molecule has 0 fully saturated rings. The minimum Gasteiger partial charge on any atom is -0.421 e. The number of aliphatic hydroxyl groups excluding tert-OH is 1. The molecule has 24 heavy (non-hydrogen) atoms. The second kappa shape index (κ2) is 7.06. The molecule has 0 unspecified atom stereocenters. The zero-order valence-corrected chi connectivity index (χ0v) is 13.2. The number of hydrogen-bond donors (Lipinski definition) is 2. The first-order valence-electron chi connectivity index (χ1n) is 7.57. The van der Waals surface area contributed by atoms with E-state index in [2.05, 4.69) is 15.5 Å². The van der Waals surface area contributed by atoms with Crippen LogP contribution in [-0.4, -0.2) is 27.8 Å². The number of carbonyl (C=O) groups excluding carboxylic acids is 1. The highest BCUT2D eigenvalue weighted by Crippen LogP contribution is 2.20. The van der Waals surface area contributed by atoms with Crippen LogP contribution < -0.4 is 5.32 Å². The van der Waals surface area contributed by atoms with Gasteiger partial charge in [0.2, 0.25) is 11.8 Å². The average Bonchev–Trinajstić information content (AvgIpc) is 3.03. The van der Waals surface area contributed by atoms with E-state index < -0.39 is 0 Å². The molecule has 0 atom stereocenters. The van der Waals surface area contributed by atoms with Crippen LogP contribution >= 0.6 is 0 Å². The minimum atomic E-state index is -0.219. The van der Waals surface area contributed by atoms with Crippen molar-refractivity contribution in [3.05, 3.63) is 65.5 Å². The van der Waals surface area contributed by atoms with Gasteiger partial charge in [0.1, 0.15) is 0 Å². The first-order chi connectivity index (χ1) is 11.7. The quantitative estimate of drug-likeness (QED) is 0.754. The van der Waals surface area contributed by atoms with Crippen LogP contribution in [0.3, 0.4) is 0 Å². The second-order valence-corrected chi connectivity index (χ2v) is 5.33. The van der Waals surface area contributed by atoms with Crippen LogP contribution in [0.1, 0.15) is 21.8 Å². The number of aryl methyl sites for hydroxylation is 1. The van der Waals surface area contributed by atoms with E-state index in [1.807, 2.05) is 30.3 Å². The van der Waals surface area contributed by atoms with E-state index in [9.17, 15) is 4.79 Å². The monoisotopic (exact) mass is 323 g/mol. The van der Waals surface area contributed by atoms with Crippen molar-refractivity contribution in [3.63, 3.8) is 0 Å². The Hall–Kier alpha value is -2.99. The van der Waals surface area contributed by atoms with Crippen LogP contribution in [0.4, 0.5) is 5.69 Å². The first-order valence-corrected chi connectivity index (χ1v) is 7.57. The molecule has 3 aromatic rings. The van der Waals surface area contributed by atoms with E-state index >= 15 is 0 Å². The largest absolute Gasteiger partial charge is 0.421 e. The lowest BCUT2D eigenvalue weighted by Crippen LogP contribution is -2.11. The van der Waals surface area contributed by atoms with Crippen LogP contribution in [0.15, 0.2) is 52.9 Å². The summed E-state index contributed by atoms with van der Waals surface area (Å²) in [6.45, 7) is 1.82. The Morgan fingerprint density at radius 1 is 1.17 bits per heavy atom. The molecule has 0 saturated carbocycles. The van der Waals surface area contributed by atoms with Crippen LogP contribution in [0.2, 0.25) is 0 Å². The topological polar surface area (TPSA) is 88.2 Å². The van der Waals surface area contributed by atoms with E-state index in [1.54, 1.807) is 25.1 Å². The highest BCUT2D eigenvalue weighted by molar-refractivity contribution is 6.04. The number of rotatable bonds is 5. The molecule has 3 rings (SSSR count). The van der Waals surface area contributed by atoms with Gasteiger partial charge in [0.15, 0.2) is 0 Å². The molecule has 1 heterocycles. The molecule has 0 saturated heterocycles. The number of benzene rings is 2. The summed E-state index contributed by atoms with van der Waals surface area (Å²) in [6.07, 6.45) is 0.597. The van der Waals surface area contributed by atoms with Gasteiger partial charge in [-0.2, -0.15) is 0 Å². The van der Waals surface area contributed by atoms with Gasteiger partial charge in [0.05, 0.1) is 0 Å². The van der Waals surface area contributed by atoms with Crippen molar-refractivity contribution in [2.24, 2.45) is 0 Å². The number of anilines is 1. The number of aliphatic hydroxyl groups is 1. The average molecular weight is 323 g/mol. The molecule has 6 nitrogen and oxygen atoms in total. The maximum Gasteiger partial charge on any atom is 0.255 e. The molecule has 0 bridgehead atoms. The molecular weight excluding hydrogens is 306 g/mol. The second-order valence-electron chi connectivity index (χ2n) is 5.33. The van der Waals surface area contributed by atoms with Gasteiger partial charge in [0, 0.05) is 30.3 Å². The molecule has 0 spiro atoms. The Labute approximate surface area is 139 Å². The SMILES string of the molecule is Cc1nnc(-c2cccc(C(=O)Nc3ccc(CCO)cc3)c2)o1. The Kier molecular flexibility index (Phi) is 4.67. The number of aromatic nitrogens is 2. The summed E-state index contributed by atoms with van der Waals surface area (Å²) in [5.74, 6) is 0.640.